The van der Waals surface area contributed by atoms with Gasteiger partial charge in [0.2, 0.25) is 0 Å². The third kappa shape index (κ3) is 3.99. The Kier molecular flexibility index (Phi) is 4.57. The zero-order valence-electron chi connectivity index (χ0n) is 8.26. The molecule has 2 nitrogen and oxygen atoms in total. The number of amides is 1. The summed E-state index contributed by atoms with van der Waals surface area (Å²) in [5.41, 5.74) is 0. The van der Waals surface area contributed by atoms with Crippen LogP contribution in [-0.4, -0.2) is 23.9 Å². The molecule has 0 aromatic heterocycles. The maximum Gasteiger partial charge on any atom is 0.316 e. The summed E-state index contributed by atoms with van der Waals surface area (Å²) in [5, 5.41) is -0.337. The molecule has 76 valence electrons. The van der Waals surface area contributed by atoms with Crippen molar-refractivity contribution in [2.75, 3.05) is 13.6 Å². The lowest BCUT2D eigenvalue weighted by atomic mass is 9.87. The van der Waals surface area contributed by atoms with E-state index >= 15 is 0 Å². The van der Waals surface area contributed by atoms with Gasteiger partial charge < -0.3 is 4.90 Å². The van der Waals surface area contributed by atoms with Crippen molar-refractivity contribution in [2.45, 2.75) is 38.5 Å². The molecule has 1 rings (SSSR count). The van der Waals surface area contributed by atoms with Crippen molar-refractivity contribution in [3.05, 3.63) is 0 Å². The van der Waals surface area contributed by atoms with Gasteiger partial charge in [-0.1, -0.05) is 32.1 Å². The number of carbonyl (C=O) groups is 1. The molecule has 1 aliphatic carbocycles. The number of halogens is 1. The molecule has 1 saturated carbocycles. The Labute approximate surface area is 85.2 Å². The number of nitrogens with zero attached hydrogens (tertiary/aromatic N) is 1. The lowest BCUT2D eigenvalue weighted by Crippen LogP contribution is -2.24. The first-order valence-corrected chi connectivity index (χ1v) is 5.48. The highest BCUT2D eigenvalue weighted by Gasteiger charge is 2.14. The highest BCUT2D eigenvalue weighted by atomic mass is 35.5. The van der Waals surface area contributed by atoms with Crippen molar-refractivity contribution in [3.63, 3.8) is 0 Å². The van der Waals surface area contributed by atoms with Crippen molar-refractivity contribution < 1.29 is 4.79 Å². The Balaban J connectivity index is 2.13. The molecule has 0 spiro atoms. The normalized spacial score (nSPS) is 18.6. The molecule has 1 amide bonds. The second-order valence-electron chi connectivity index (χ2n) is 3.97. The lowest BCUT2D eigenvalue weighted by Gasteiger charge is -2.23. The van der Waals surface area contributed by atoms with E-state index in [1.807, 2.05) is 0 Å². The quantitative estimate of drug-likeness (QED) is 0.510. The minimum atomic E-state index is -0.337. The zero-order valence-corrected chi connectivity index (χ0v) is 9.02. The molecule has 3 heteroatoms. The molecule has 0 unspecified atom stereocenters. The third-order valence-electron chi connectivity index (χ3n) is 2.90. The minimum Gasteiger partial charge on any atom is -0.332 e. The molecule has 1 aliphatic rings. The monoisotopic (exact) mass is 203 g/mol. The van der Waals surface area contributed by atoms with E-state index in [0.717, 1.165) is 18.9 Å². The molecule has 0 aliphatic heterocycles. The highest BCUT2D eigenvalue weighted by molar-refractivity contribution is 6.62. The molecule has 0 heterocycles. The smallest absolute Gasteiger partial charge is 0.316 e. The fraction of sp³-hybridized carbons (Fsp3) is 0.900. The first-order chi connectivity index (χ1) is 6.20. The van der Waals surface area contributed by atoms with Crippen LogP contribution in [0.15, 0.2) is 0 Å². The molecule has 0 bridgehead atoms. The van der Waals surface area contributed by atoms with E-state index in [1.165, 1.54) is 32.1 Å². The molecule has 0 aromatic rings. The Morgan fingerprint density at radius 3 is 2.54 bits per heavy atom. The SMILES string of the molecule is CN(CCC1CCCCC1)C(=O)Cl. The van der Waals surface area contributed by atoms with Gasteiger partial charge >= 0.3 is 5.37 Å². The summed E-state index contributed by atoms with van der Waals surface area (Å²) in [7, 11) is 1.76. The third-order valence-corrected chi connectivity index (χ3v) is 3.19. The summed E-state index contributed by atoms with van der Waals surface area (Å²) in [5.74, 6) is 0.826. The van der Waals surface area contributed by atoms with Crippen LogP contribution in [0.25, 0.3) is 0 Å². The molecular formula is C10H18ClNO. The van der Waals surface area contributed by atoms with E-state index in [4.69, 9.17) is 11.6 Å². The van der Waals surface area contributed by atoms with Gasteiger partial charge in [-0.3, -0.25) is 4.79 Å². The standard InChI is InChI=1S/C10H18ClNO/c1-12(10(11)13)8-7-9-5-3-2-4-6-9/h9H,2-8H2,1H3. The number of hydrogen-bond donors (Lipinski definition) is 0. The Bertz CT molecular complexity index is 166. The molecule has 0 aromatic carbocycles. The summed E-state index contributed by atoms with van der Waals surface area (Å²) >= 11 is 5.33. The van der Waals surface area contributed by atoms with Crippen molar-refractivity contribution in [3.8, 4) is 0 Å². The average Bonchev–Trinajstić information content (AvgIpc) is 2.15. The van der Waals surface area contributed by atoms with E-state index < -0.39 is 0 Å². The van der Waals surface area contributed by atoms with E-state index in [0.29, 0.717) is 0 Å². The molecule has 0 atom stereocenters. The minimum absolute atomic E-state index is 0.337. The summed E-state index contributed by atoms with van der Waals surface area (Å²) in [6, 6.07) is 0. The van der Waals surface area contributed by atoms with Crippen LogP contribution in [0.5, 0.6) is 0 Å². The predicted octanol–water partition coefficient (Wildman–Crippen LogP) is 3.25. The number of carbonyl (C=O) groups excluding carboxylic acids is 1. The van der Waals surface area contributed by atoms with E-state index in [-0.39, 0.29) is 5.37 Å². The van der Waals surface area contributed by atoms with Crippen molar-refractivity contribution >= 4 is 17.0 Å². The summed E-state index contributed by atoms with van der Waals surface area (Å²) < 4.78 is 0. The topological polar surface area (TPSA) is 20.3 Å². The van der Waals surface area contributed by atoms with Gasteiger partial charge in [0.25, 0.3) is 0 Å². The van der Waals surface area contributed by atoms with Crippen LogP contribution in [0.2, 0.25) is 0 Å². The fourth-order valence-electron chi connectivity index (χ4n) is 1.94. The molecule has 13 heavy (non-hydrogen) atoms. The Morgan fingerprint density at radius 1 is 1.38 bits per heavy atom. The van der Waals surface area contributed by atoms with Gasteiger partial charge in [0, 0.05) is 13.6 Å². The van der Waals surface area contributed by atoms with E-state index in [9.17, 15) is 4.79 Å². The van der Waals surface area contributed by atoms with Gasteiger partial charge in [0.15, 0.2) is 0 Å². The average molecular weight is 204 g/mol. The van der Waals surface area contributed by atoms with Gasteiger partial charge in [-0.2, -0.15) is 0 Å². The maximum absolute atomic E-state index is 10.7. The van der Waals surface area contributed by atoms with Crippen molar-refractivity contribution in [1.29, 1.82) is 0 Å². The summed E-state index contributed by atoms with van der Waals surface area (Å²) in [6.07, 6.45) is 7.91. The lowest BCUT2D eigenvalue weighted by molar-refractivity contribution is 0.224. The van der Waals surface area contributed by atoms with E-state index in [2.05, 4.69) is 0 Å². The van der Waals surface area contributed by atoms with Crippen LogP contribution in [0.1, 0.15) is 38.5 Å². The van der Waals surface area contributed by atoms with Crippen LogP contribution in [0.4, 0.5) is 4.79 Å². The van der Waals surface area contributed by atoms with Crippen molar-refractivity contribution in [2.24, 2.45) is 5.92 Å². The predicted molar refractivity (Wildman–Crippen MR) is 55.1 cm³/mol. The van der Waals surface area contributed by atoms with E-state index in [1.54, 1.807) is 11.9 Å². The van der Waals surface area contributed by atoms with Gasteiger partial charge in [-0.15, -0.1) is 0 Å². The molecular weight excluding hydrogens is 186 g/mol. The van der Waals surface area contributed by atoms with Gasteiger partial charge in [0.1, 0.15) is 0 Å². The summed E-state index contributed by atoms with van der Waals surface area (Å²) in [6.45, 7) is 0.812. The van der Waals surface area contributed by atoms with Crippen LogP contribution in [0, 0.1) is 5.92 Å². The second kappa shape index (κ2) is 5.48. The van der Waals surface area contributed by atoms with Gasteiger partial charge in [0.05, 0.1) is 0 Å². The van der Waals surface area contributed by atoms with Gasteiger partial charge in [-0.05, 0) is 23.9 Å². The van der Waals surface area contributed by atoms with Gasteiger partial charge in [-0.25, -0.2) is 0 Å². The largest absolute Gasteiger partial charge is 0.332 e. The number of rotatable bonds is 3. The first kappa shape index (κ1) is 10.8. The fourth-order valence-corrected chi connectivity index (χ4v) is 2.02. The number of hydrogen-bond acceptors (Lipinski definition) is 1. The van der Waals surface area contributed by atoms with Crippen LogP contribution >= 0.6 is 11.6 Å². The highest BCUT2D eigenvalue weighted by Crippen LogP contribution is 2.26. The molecule has 1 fully saturated rings. The first-order valence-electron chi connectivity index (χ1n) is 5.10. The Hall–Kier alpha value is -0.240. The Morgan fingerprint density at radius 2 is 2.00 bits per heavy atom. The zero-order chi connectivity index (χ0) is 9.68. The second-order valence-corrected chi connectivity index (χ2v) is 4.29. The molecule has 0 N–H and O–H groups in total. The van der Waals surface area contributed by atoms with Crippen LogP contribution in [-0.2, 0) is 0 Å². The maximum atomic E-state index is 10.7. The van der Waals surface area contributed by atoms with Crippen LogP contribution in [0.3, 0.4) is 0 Å². The van der Waals surface area contributed by atoms with Crippen LogP contribution < -0.4 is 0 Å². The summed E-state index contributed by atoms with van der Waals surface area (Å²) in [4.78, 5) is 12.3. The van der Waals surface area contributed by atoms with Crippen molar-refractivity contribution in [1.82, 2.24) is 4.90 Å². The molecule has 0 saturated heterocycles. The molecule has 0 radical (unpaired) electrons.